The molecule has 0 aromatic heterocycles. The average Bonchev–Trinajstić information content (AvgIpc) is 2.36. The van der Waals surface area contributed by atoms with Gasteiger partial charge in [0.25, 0.3) is 0 Å². The molecular formula is C13H20ClN3O2. The highest BCUT2D eigenvalue weighted by molar-refractivity contribution is 6.34. The molecule has 0 aliphatic rings. The van der Waals surface area contributed by atoms with Gasteiger partial charge in [-0.2, -0.15) is 0 Å². The number of carboxylic acids is 1. The smallest absolute Gasteiger partial charge is 0.337 e. The highest BCUT2D eigenvalue weighted by Gasteiger charge is 2.14. The van der Waals surface area contributed by atoms with Gasteiger partial charge in [0.1, 0.15) is 0 Å². The summed E-state index contributed by atoms with van der Waals surface area (Å²) < 4.78 is 0. The lowest BCUT2D eigenvalue weighted by Crippen LogP contribution is -2.29. The minimum Gasteiger partial charge on any atom is -0.478 e. The lowest BCUT2D eigenvalue weighted by atomic mass is 10.1. The molecule has 4 N–H and O–H groups in total. The molecule has 1 aromatic carbocycles. The van der Waals surface area contributed by atoms with Crippen LogP contribution in [0.15, 0.2) is 12.1 Å². The fourth-order valence-electron chi connectivity index (χ4n) is 1.85. The van der Waals surface area contributed by atoms with Crippen LogP contribution in [-0.4, -0.2) is 42.2 Å². The topological polar surface area (TPSA) is 78.6 Å². The molecule has 0 saturated carbocycles. The Balaban J connectivity index is 2.80. The normalized spacial score (nSPS) is 10.7. The van der Waals surface area contributed by atoms with E-state index in [1.165, 1.54) is 6.07 Å². The number of benzene rings is 1. The largest absolute Gasteiger partial charge is 0.478 e. The van der Waals surface area contributed by atoms with Crippen molar-refractivity contribution in [2.75, 3.05) is 37.2 Å². The summed E-state index contributed by atoms with van der Waals surface area (Å²) in [5.74, 6) is -1.04. The van der Waals surface area contributed by atoms with Crippen LogP contribution in [0.1, 0.15) is 24.2 Å². The molecule has 0 amide bonds. The zero-order valence-corrected chi connectivity index (χ0v) is 12.0. The molecule has 0 saturated heterocycles. The van der Waals surface area contributed by atoms with Crippen LogP contribution in [0.5, 0.6) is 0 Å². The predicted octanol–water partition coefficient (Wildman–Crippen LogP) is 2.37. The number of halogens is 1. The number of nitrogens with zero attached hydrogens (tertiary/aromatic N) is 1. The molecule has 0 spiro atoms. The van der Waals surface area contributed by atoms with Crippen molar-refractivity contribution >= 4 is 28.9 Å². The van der Waals surface area contributed by atoms with Crippen LogP contribution in [0.25, 0.3) is 0 Å². The molecule has 1 aromatic rings. The number of hydrogen-bond donors (Lipinski definition) is 3. The van der Waals surface area contributed by atoms with Crippen molar-refractivity contribution in [2.24, 2.45) is 0 Å². The molecular weight excluding hydrogens is 266 g/mol. The maximum absolute atomic E-state index is 11.2. The van der Waals surface area contributed by atoms with Gasteiger partial charge in [0, 0.05) is 18.8 Å². The zero-order valence-electron chi connectivity index (χ0n) is 11.2. The molecule has 0 unspecified atom stereocenters. The summed E-state index contributed by atoms with van der Waals surface area (Å²) in [7, 11) is 0. The first kappa shape index (κ1) is 15.6. The summed E-state index contributed by atoms with van der Waals surface area (Å²) >= 11 is 6.04. The minimum atomic E-state index is -1.04. The second kappa shape index (κ2) is 7.21. The van der Waals surface area contributed by atoms with E-state index < -0.39 is 5.97 Å². The van der Waals surface area contributed by atoms with E-state index in [0.717, 1.165) is 19.6 Å². The lowest BCUT2D eigenvalue weighted by molar-refractivity contribution is 0.0698. The maximum Gasteiger partial charge on any atom is 0.337 e. The van der Waals surface area contributed by atoms with E-state index in [0.29, 0.717) is 22.9 Å². The van der Waals surface area contributed by atoms with Crippen LogP contribution in [0.4, 0.5) is 11.4 Å². The van der Waals surface area contributed by atoms with Crippen molar-refractivity contribution in [3.63, 3.8) is 0 Å². The van der Waals surface area contributed by atoms with Gasteiger partial charge in [0.2, 0.25) is 0 Å². The van der Waals surface area contributed by atoms with Gasteiger partial charge in [0.15, 0.2) is 0 Å². The molecule has 0 aliphatic carbocycles. The van der Waals surface area contributed by atoms with E-state index in [4.69, 9.17) is 22.4 Å². The van der Waals surface area contributed by atoms with Crippen molar-refractivity contribution < 1.29 is 9.90 Å². The Labute approximate surface area is 118 Å². The van der Waals surface area contributed by atoms with Gasteiger partial charge in [-0.3, -0.25) is 0 Å². The Morgan fingerprint density at radius 2 is 2.05 bits per heavy atom. The Bertz CT molecular complexity index is 448. The zero-order chi connectivity index (χ0) is 14.4. The second-order valence-corrected chi connectivity index (χ2v) is 4.59. The number of likely N-dealkylation sites (N-methyl/N-ethyl adjacent to an activating group) is 1. The number of carbonyl (C=O) groups is 1. The highest BCUT2D eigenvalue weighted by Crippen LogP contribution is 2.29. The van der Waals surface area contributed by atoms with Crippen LogP contribution in [0, 0.1) is 0 Å². The minimum absolute atomic E-state index is 0.101. The molecule has 0 radical (unpaired) electrons. The molecule has 19 heavy (non-hydrogen) atoms. The fourth-order valence-corrected chi connectivity index (χ4v) is 2.15. The summed E-state index contributed by atoms with van der Waals surface area (Å²) in [6.45, 7) is 7.54. The van der Waals surface area contributed by atoms with Crippen LogP contribution < -0.4 is 11.1 Å². The summed E-state index contributed by atoms with van der Waals surface area (Å²) in [6, 6.07) is 2.96. The van der Waals surface area contributed by atoms with Gasteiger partial charge in [0.05, 0.1) is 16.3 Å². The van der Waals surface area contributed by atoms with Crippen molar-refractivity contribution in [3.8, 4) is 0 Å². The number of aromatic carboxylic acids is 1. The van der Waals surface area contributed by atoms with Crippen LogP contribution in [0.3, 0.4) is 0 Å². The van der Waals surface area contributed by atoms with Crippen LogP contribution in [0.2, 0.25) is 5.02 Å². The van der Waals surface area contributed by atoms with Crippen molar-refractivity contribution in [1.29, 1.82) is 0 Å². The first-order valence-electron chi connectivity index (χ1n) is 6.28. The Morgan fingerprint density at radius 3 is 2.58 bits per heavy atom. The average molecular weight is 286 g/mol. The number of hydrogen-bond acceptors (Lipinski definition) is 4. The maximum atomic E-state index is 11.2. The molecule has 6 heteroatoms. The number of rotatable bonds is 7. The number of nitrogens with one attached hydrogen (secondary N) is 1. The van der Waals surface area contributed by atoms with Gasteiger partial charge < -0.3 is 21.1 Å². The first-order chi connectivity index (χ1) is 8.99. The monoisotopic (exact) mass is 285 g/mol. The SMILES string of the molecule is CCN(CC)CCNc1c(Cl)cc(N)cc1C(=O)O. The molecule has 0 atom stereocenters. The quantitative estimate of drug-likeness (QED) is 0.670. The van der Waals surface area contributed by atoms with Crippen molar-refractivity contribution in [3.05, 3.63) is 22.7 Å². The van der Waals surface area contributed by atoms with Crippen molar-refractivity contribution in [2.45, 2.75) is 13.8 Å². The first-order valence-corrected chi connectivity index (χ1v) is 6.65. The van der Waals surface area contributed by atoms with Crippen molar-refractivity contribution in [1.82, 2.24) is 4.90 Å². The van der Waals surface area contributed by atoms with E-state index in [9.17, 15) is 4.79 Å². The highest BCUT2D eigenvalue weighted by atomic mass is 35.5. The van der Waals surface area contributed by atoms with Gasteiger partial charge >= 0.3 is 5.97 Å². The number of carboxylic acid groups (broad SMARTS) is 1. The third-order valence-electron chi connectivity index (χ3n) is 2.97. The van der Waals surface area contributed by atoms with Gasteiger partial charge in [-0.05, 0) is 25.2 Å². The Morgan fingerprint density at radius 1 is 1.42 bits per heavy atom. The molecule has 1 rings (SSSR count). The molecule has 5 nitrogen and oxygen atoms in total. The number of anilines is 2. The standard InChI is InChI=1S/C13H20ClN3O2/c1-3-17(4-2)6-5-16-12-10(13(18)19)7-9(15)8-11(12)14/h7-8,16H,3-6,15H2,1-2H3,(H,18,19). The molecule has 0 bridgehead atoms. The predicted molar refractivity (Wildman–Crippen MR) is 79.1 cm³/mol. The second-order valence-electron chi connectivity index (χ2n) is 4.18. The van der Waals surface area contributed by atoms with Gasteiger partial charge in [-0.25, -0.2) is 4.79 Å². The van der Waals surface area contributed by atoms with Crippen LogP contribution >= 0.6 is 11.6 Å². The fraction of sp³-hybridized carbons (Fsp3) is 0.462. The van der Waals surface area contributed by atoms with E-state index >= 15 is 0 Å². The van der Waals surface area contributed by atoms with E-state index in [2.05, 4.69) is 24.1 Å². The summed E-state index contributed by atoms with van der Waals surface area (Å²) in [4.78, 5) is 13.4. The summed E-state index contributed by atoms with van der Waals surface area (Å²) in [6.07, 6.45) is 0. The summed E-state index contributed by atoms with van der Waals surface area (Å²) in [5, 5.41) is 12.6. The third kappa shape index (κ3) is 4.29. The molecule has 106 valence electrons. The molecule has 0 fully saturated rings. The van der Waals surface area contributed by atoms with Gasteiger partial charge in [-0.15, -0.1) is 0 Å². The lowest BCUT2D eigenvalue weighted by Gasteiger charge is -2.19. The Hall–Kier alpha value is -1.46. The Kier molecular flexibility index (Phi) is 5.92. The summed E-state index contributed by atoms with van der Waals surface area (Å²) in [5.41, 5.74) is 6.47. The number of nitrogens with two attached hydrogens (primary N) is 1. The van der Waals surface area contributed by atoms with Gasteiger partial charge in [-0.1, -0.05) is 25.4 Å². The molecule has 0 heterocycles. The van der Waals surface area contributed by atoms with E-state index in [-0.39, 0.29) is 5.56 Å². The van der Waals surface area contributed by atoms with E-state index in [1.807, 2.05) is 0 Å². The molecule has 0 aliphatic heterocycles. The number of nitrogen functional groups attached to an aromatic ring is 1. The third-order valence-corrected chi connectivity index (χ3v) is 3.27. The van der Waals surface area contributed by atoms with E-state index in [1.54, 1.807) is 6.07 Å². The van der Waals surface area contributed by atoms with Crippen LogP contribution in [-0.2, 0) is 0 Å².